The van der Waals surface area contributed by atoms with E-state index in [0.29, 0.717) is 51.7 Å². The Labute approximate surface area is 203 Å². The number of rotatable bonds is 8. The lowest BCUT2D eigenvalue weighted by Gasteiger charge is -2.18. The molecule has 1 amide bonds. The van der Waals surface area contributed by atoms with Gasteiger partial charge in [0.2, 0.25) is 0 Å². The van der Waals surface area contributed by atoms with Crippen molar-refractivity contribution in [1.82, 2.24) is 0 Å². The Bertz CT molecular complexity index is 1140. The normalized spacial score (nSPS) is 14.8. The van der Waals surface area contributed by atoms with Crippen LogP contribution in [0.1, 0.15) is 32.8 Å². The topological polar surface area (TPSA) is 65.1 Å². The van der Waals surface area contributed by atoms with Gasteiger partial charge in [-0.2, -0.15) is 0 Å². The molecule has 0 saturated heterocycles. The zero-order chi connectivity index (χ0) is 24.1. The van der Waals surface area contributed by atoms with E-state index in [2.05, 4.69) is 0 Å². The smallest absolute Gasteiger partial charge is 0.340 e. The van der Waals surface area contributed by atoms with Crippen molar-refractivity contribution in [1.29, 1.82) is 0 Å². The van der Waals surface area contributed by atoms with Gasteiger partial charge in [-0.25, -0.2) is 4.79 Å². The number of benzene rings is 2. The molecule has 1 aliphatic rings. The van der Waals surface area contributed by atoms with Crippen molar-refractivity contribution in [2.75, 3.05) is 25.2 Å². The molecule has 0 N–H and O–H groups in total. The van der Waals surface area contributed by atoms with Crippen molar-refractivity contribution < 1.29 is 23.8 Å². The highest BCUT2D eigenvalue weighted by molar-refractivity contribution is 6.42. The summed E-state index contributed by atoms with van der Waals surface area (Å²) in [6.45, 7) is 6.60. The fourth-order valence-corrected chi connectivity index (χ4v) is 3.79. The molecular weight excluding hydrogens is 465 g/mol. The first-order valence-corrected chi connectivity index (χ1v) is 11.3. The first-order valence-electron chi connectivity index (χ1n) is 10.5. The molecule has 2 aromatic carbocycles. The van der Waals surface area contributed by atoms with Crippen LogP contribution >= 0.6 is 23.2 Å². The van der Waals surface area contributed by atoms with E-state index in [0.717, 1.165) is 6.42 Å². The maximum atomic E-state index is 13.4. The van der Waals surface area contributed by atoms with Crippen molar-refractivity contribution >= 4 is 46.8 Å². The van der Waals surface area contributed by atoms with Gasteiger partial charge in [0.05, 0.1) is 47.2 Å². The zero-order valence-corrected chi connectivity index (χ0v) is 20.4. The van der Waals surface area contributed by atoms with Gasteiger partial charge in [-0.15, -0.1) is 0 Å². The van der Waals surface area contributed by atoms with Gasteiger partial charge < -0.3 is 14.2 Å². The summed E-state index contributed by atoms with van der Waals surface area (Å²) in [5, 5.41) is 0.669. The van der Waals surface area contributed by atoms with Crippen LogP contribution in [0.3, 0.4) is 0 Å². The lowest BCUT2D eigenvalue weighted by Crippen LogP contribution is -2.24. The minimum atomic E-state index is -0.609. The standard InChI is InChI=1S/C25H25Cl2NO5/c1-5-11-33-21-10-7-16(13-22(21)32-6-2)12-18-23(25(30)31-4)15(3)28(24(18)29)17-8-9-19(26)20(27)14-17/h7-10,12-14H,5-6,11H2,1-4H3/b18-12-. The Morgan fingerprint density at radius 2 is 1.79 bits per heavy atom. The summed E-state index contributed by atoms with van der Waals surface area (Å²) in [5.74, 6) is 0.196. The molecule has 1 aliphatic heterocycles. The van der Waals surface area contributed by atoms with Gasteiger partial charge in [-0.3, -0.25) is 9.69 Å². The zero-order valence-electron chi connectivity index (χ0n) is 18.9. The molecule has 33 heavy (non-hydrogen) atoms. The highest BCUT2D eigenvalue weighted by atomic mass is 35.5. The Hall–Kier alpha value is -2.96. The molecule has 0 fully saturated rings. The second kappa shape index (κ2) is 10.8. The Morgan fingerprint density at radius 3 is 2.42 bits per heavy atom. The molecule has 6 nitrogen and oxygen atoms in total. The fourth-order valence-electron chi connectivity index (χ4n) is 3.50. The van der Waals surface area contributed by atoms with Gasteiger partial charge in [0.15, 0.2) is 11.5 Å². The van der Waals surface area contributed by atoms with Crippen molar-refractivity contribution in [2.45, 2.75) is 27.2 Å². The van der Waals surface area contributed by atoms with Crippen LogP contribution in [0.2, 0.25) is 10.0 Å². The number of carbonyl (C=O) groups excluding carboxylic acids is 2. The fraction of sp³-hybridized carbons (Fsp3) is 0.280. The number of hydrogen-bond acceptors (Lipinski definition) is 5. The number of ether oxygens (including phenoxy) is 3. The van der Waals surface area contributed by atoms with E-state index in [4.69, 9.17) is 37.4 Å². The molecule has 8 heteroatoms. The van der Waals surface area contributed by atoms with Crippen molar-refractivity contribution in [2.24, 2.45) is 0 Å². The number of carbonyl (C=O) groups is 2. The molecule has 3 rings (SSSR count). The van der Waals surface area contributed by atoms with Crippen LogP contribution in [0.5, 0.6) is 11.5 Å². The molecule has 0 spiro atoms. The minimum Gasteiger partial charge on any atom is -0.490 e. The first kappa shape index (κ1) is 24.7. The molecule has 174 valence electrons. The first-order chi connectivity index (χ1) is 15.8. The quantitative estimate of drug-likeness (QED) is 0.333. The summed E-state index contributed by atoms with van der Waals surface area (Å²) in [5.41, 5.74) is 1.99. The molecular formula is C25H25Cl2NO5. The van der Waals surface area contributed by atoms with E-state index in [1.54, 1.807) is 49.4 Å². The lowest BCUT2D eigenvalue weighted by molar-refractivity contribution is -0.136. The Kier molecular flexibility index (Phi) is 8.06. The predicted octanol–water partition coefficient (Wildman–Crippen LogP) is 6.06. The minimum absolute atomic E-state index is 0.179. The van der Waals surface area contributed by atoms with Gasteiger partial charge >= 0.3 is 5.97 Å². The van der Waals surface area contributed by atoms with E-state index in [1.165, 1.54) is 12.0 Å². The van der Waals surface area contributed by atoms with Crippen LogP contribution in [0.25, 0.3) is 6.08 Å². The summed E-state index contributed by atoms with van der Waals surface area (Å²) >= 11 is 12.2. The van der Waals surface area contributed by atoms with Gasteiger partial charge in [0.1, 0.15) is 0 Å². The molecule has 2 aromatic rings. The summed E-state index contributed by atoms with van der Waals surface area (Å²) in [7, 11) is 1.28. The SMILES string of the molecule is CCCOc1ccc(/C=C2\C(=O)N(c3ccc(Cl)c(Cl)c3)C(C)=C2C(=O)OC)cc1OCC. The number of allylic oxidation sites excluding steroid dienone is 1. The third kappa shape index (κ3) is 5.18. The monoisotopic (exact) mass is 489 g/mol. The van der Waals surface area contributed by atoms with E-state index in [1.807, 2.05) is 13.8 Å². The molecule has 0 atom stereocenters. The third-order valence-corrected chi connectivity index (χ3v) is 5.73. The number of halogens is 2. The predicted molar refractivity (Wildman–Crippen MR) is 130 cm³/mol. The highest BCUT2D eigenvalue weighted by Crippen LogP contribution is 2.38. The van der Waals surface area contributed by atoms with Crippen LogP contribution in [-0.2, 0) is 14.3 Å². The second-order valence-corrected chi connectivity index (χ2v) is 8.05. The maximum absolute atomic E-state index is 13.4. The number of methoxy groups -OCH3 is 1. The largest absolute Gasteiger partial charge is 0.490 e. The van der Waals surface area contributed by atoms with Gasteiger partial charge in [0, 0.05) is 5.70 Å². The average Bonchev–Trinajstić information content (AvgIpc) is 3.04. The highest BCUT2D eigenvalue weighted by Gasteiger charge is 2.38. The molecule has 0 saturated carbocycles. The van der Waals surface area contributed by atoms with E-state index in [-0.39, 0.29) is 17.1 Å². The van der Waals surface area contributed by atoms with Crippen LogP contribution in [0.15, 0.2) is 53.2 Å². The Morgan fingerprint density at radius 1 is 1.03 bits per heavy atom. The number of hydrogen-bond donors (Lipinski definition) is 0. The maximum Gasteiger partial charge on any atom is 0.340 e. The summed E-state index contributed by atoms with van der Waals surface area (Å²) in [6.07, 6.45) is 2.50. The average molecular weight is 490 g/mol. The van der Waals surface area contributed by atoms with E-state index < -0.39 is 5.97 Å². The Balaban J connectivity index is 2.08. The van der Waals surface area contributed by atoms with Crippen LogP contribution in [-0.4, -0.2) is 32.2 Å². The molecule has 0 aliphatic carbocycles. The molecule has 0 aromatic heterocycles. The summed E-state index contributed by atoms with van der Waals surface area (Å²) in [4.78, 5) is 27.5. The summed E-state index contributed by atoms with van der Waals surface area (Å²) < 4.78 is 16.4. The van der Waals surface area contributed by atoms with E-state index in [9.17, 15) is 9.59 Å². The molecule has 0 unspecified atom stereocenters. The van der Waals surface area contributed by atoms with E-state index >= 15 is 0 Å². The summed E-state index contributed by atoms with van der Waals surface area (Å²) in [6, 6.07) is 10.2. The van der Waals surface area contributed by atoms with Crippen LogP contribution in [0.4, 0.5) is 5.69 Å². The lowest BCUT2D eigenvalue weighted by atomic mass is 10.0. The van der Waals surface area contributed by atoms with Crippen molar-refractivity contribution in [3.8, 4) is 11.5 Å². The molecule has 0 bridgehead atoms. The van der Waals surface area contributed by atoms with Crippen LogP contribution in [0, 0.1) is 0 Å². The molecule has 1 heterocycles. The van der Waals surface area contributed by atoms with Gasteiger partial charge in [-0.1, -0.05) is 36.2 Å². The number of esters is 1. The molecule has 0 radical (unpaired) electrons. The van der Waals surface area contributed by atoms with Crippen LogP contribution < -0.4 is 14.4 Å². The van der Waals surface area contributed by atoms with Gasteiger partial charge in [-0.05, 0) is 62.2 Å². The number of amides is 1. The number of anilines is 1. The van der Waals surface area contributed by atoms with Crippen molar-refractivity contribution in [3.05, 3.63) is 68.9 Å². The van der Waals surface area contributed by atoms with Crippen molar-refractivity contribution in [3.63, 3.8) is 0 Å². The number of nitrogens with zero attached hydrogens (tertiary/aromatic N) is 1. The second-order valence-electron chi connectivity index (χ2n) is 7.24. The van der Waals surface area contributed by atoms with Gasteiger partial charge in [0.25, 0.3) is 5.91 Å². The third-order valence-electron chi connectivity index (χ3n) is 4.99.